The summed E-state index contributed by atoms with van der Waals surface area (Å²) in [5, 5.41) is 1.29. The molecule has 2 heteroatoms. The van der Waals surface area contributed by atoms with Crippen molar-refractivity contribution >= 4 is 16.6 Å². The summed E-state index contributed by atoms with van der Waals surface area (Å²) >= 11 is 0. The van der Waals surface area contributed by atoms with Gasteiger partial charge in [0.15, 0.2) is 0 Å². The van der Waals surface area contributed by atoms with Gasteiger partial charge in [-0.3, -0.25) is 0 Å². The van der Waals surface area contributed by atoms with Crippen molar-refractivity contribution in [2.45, 2.75) is 13.3 Å². The molecule has 0 fully saturated rings. The van der Waals surface area contributed by atoms with Gasteiger partial charge in [0.2, 0.25) is 0 Å². The number of hydrogen-bond donors (Lipinski definition) is 2. The molecule has 1 heterocycles. The normalized spacial score (nSPS) is 10.9. The molecule has 90 valence electrons. The summed E-state index contributed by atoms with van der Waals surface area (Å²) < 4.78 is 0. The number of anilines is 1. The minimum Gasteiger partial charge on any atom is -0.398 e. The lowest BCUT2D eigenvalue weighted by atomic mass is 10.0. The number of aromatic amines is 1. The zero-order valence-corrected chi connectivity index (χ0v) is 10.4. The molecule has 0 saturated heterocycles. The van der Waals surface area contributed by atoms with E-state index in [0.717, 1.165) is 12.1 Å². The standard InChI is InChI=1S/C16H16N2/c1-11-14(10-12-6-2-4-8-15(12)17)13-7-3-5-9-16(13)18-11/h2-9,18H,10,17H2,1H3. The average Bonchev–Trinajstić information content (AvgIpc) is 2.69. The number of rotatable bonds is 2. The van der Waals surface area contributed by atoms with Gasteiger partial charge in [-0.2, -0.15) is 0 Å². The molecule has 0 radical (unpaired) electrons. The Labute approximate surface area is 106 Å². The molecule has 1 aromatic heterocycles. The van der Waals surface area contributed by atoms with E-state index in [9.17, 15) is 0 Å². The largest absolute Gasteiger partial charge is 0.398 e. The Morgan fingerprint density at radius 2 is 1.72 bits per heavy atom. The molecule has 0 aliphatic carbocycles. The molecule has 0 saturated carbocycles. The third-order valence-electron chi connectivity index (χ3n) is 3.45. The number of hydrogen-bond acceptors (Lipinski definition) is 1. The molecule has 0 aliphatic rings. The van der Waals surface area contributed by atoms with Crippen molar-refractivity contribution in [1.29, 1.82) is 0 Å². The van der Waals surface area contributed by atoms with Gasteiger partial charge in [-0.15, -0.1) is 0 Å². The number of para-hydroxylation sites is 2. The molecule has 2 aromatic carbocycles. The summed E-state index contributed by atoms with van der Waals surface area (Å²) in [6.07, 6.45) is 0.878. The van der Waals surface area contributed by atoms with Crippen molar-refractivity contribution in [3.05, 3.63) is 65.4 Å². The van der Waals surface area contributed by atoms with Crippen LogP contribution in [-0.2, 0) is 6.42 Å². The van der Waals surface area contributed by atoms with Crippen molar-refractivity contribution < 1.29 is 0 Å². The molecule has 0 spiro atoms. The molecule has 18 heavy (non-hydrogen) atoms. The fourth-order valence-electron chi connectivity index (χ4n) is 2.45. The van der Waals surface area contributed by atoms with Crippen molar-refractivity contribution in [2.75, 3.05) is 5.73 Å². The van der Waals surface area contributed by atoms with Gasteiger partial charge in [0.05, 0.1) is 0 Å². The molecule has 2 nitrogen and oxygen atoms in total. The Bertz CT molecular complexity index is 695. The lowest BCUT2D eigenvalue weighted by Crippen LogP contribution is -1.95. The maximum atomic E-state index is 6.02. The van der Waals surface area contributed by atoms with E-state index in [1.165, 1.54) is 27.7 Å². The highest BCUT2D eigenvalue weighted by Gasteiger charge is 2.09. The first-order valence-electron chi connectivity index (χ1n) is 6.15. The zero-order chi connectivity index (χ0) is 12.5. The van der Waals surface area contributed by atoms with Crippen LogP contribution in [-0.4, -0.2) is 4.98 Å². The Kier molecular flexibility index (Phi) is 2.56. The van der Waals surface area contributed by atoms with Crippen LogP contribution in [0.1, 0.15) is 16.8 Å². The van der Waals surface area contributed by atoms with E-state index < -0.39 is 0 Å². The highest BCUT2D eigenvalue weighted by atomic mass is 14.7. The van der Waals surface area contributed by atoms with E-state index in [1.807, 2.05) is 18.2 Å². The molecular formula is C16H16N2. The summed E-state index contributed by atoms with van der Waals surface area (Å²) in [4.78, 5) is 3.43. The molecule has 3 aromatic rings. The SMILES string of the molecule is Cc1[nH]c2ccccc2c1Cc1ccccc1N. The minimum absolute atomic E-state index is 0.863. The van der Waals surface area contributed by atoms with Crippen LogP contribution in [0, 0.1) is 6.92 Å². The quantitative estimate of drug-likeness (QED) is 0.655. The van der Waals surface area contributed by atoms with Crippen molar-refractivity contribution in [2.24, 2.45) is 0 Å². The maximum absolute atomic E-state index is 6.02. The Hall–Kier alpha value is -2.22. The third-order valence-corrected chi connectivity index (χ3v) is 3.45. The topological polar surface area (TPSA) is 41.8 Å². The molecular weight excluding hydrogens is 220 g/mol. The lowest BCUT2D eigenvalue weighted by Gasteiger charge is -2.05. The predicted molar refractivity (Wildman–Crippen MR) is 76.7 cm³/mol. The monoisotopic (exact) mass is 236 g/mol. The molecule has 0 atom stereocenters. The number of nitrogens with one attached hydrogen (secondary N) is 1. The third kappa shape index (κ3) is 1.76. The van der Waals surface area contributed by atoms with E-state index >= 15 is 0 Å². The number of nitrogens with two attached hydrogens (primary N) is 1. The number of H-pyrrole nitrogens is 1. The second kappa shape index (κ2) is 4.22. The summed E-state index contributed by atoms with van der Waals surface area (Å²) in [5.41, 5.74) is 11.8. The maximum Gasteiger partial charge on any atom is 0.0458 e. The van der Waals surface area contributed by atoms with Crippen LogP contribution in [0.4, 0.5) is 5.69 Å². The minimum atomic E-state index is 0.863. The average molecular weight is 236 g/mol. The van der Waals surface area contributed by atoms with Gasteiger partial charge >= 0.3 is 0 Å². The highest BCUT2D eigenvalue weighted by molar-refractivity contribution is 5.85. The number of nitrogen functional groups attached to an aromatic ring is 1. The van der Waals surface area contributed by atoms with E-state index in [1.54, 1.807) is 0 Å². The number of fused-ring (bicyclic) bond motifs is 1. The fraction of sp³-hybridized carbons (Fsp3) is 0.125. The second-order valence-corrected chi connectivity index (χ2v) is 4.65. The van der Waals surface area contributed by atoms with Crippen LogP contribution < -0.4 is 5.73 Å². The Balaban J connectivity index is 2.10. The van der Waals surface area contributed by atoms with Gasteiger partial charge < -0.3 is 10.7 Å². The van der Waals surface area contributed by atoms with E-state index in [0.29, 0.717) is 0 Å². The summed E-state index contributed by atoms with van der Waals surface area (Å²) in [6.45, 7) is 2.12. The van der Waals surface area contributed by atoms with Gasteiger partial charge in [0.1, 0.15) is 0 Å². The van der Waals surface area contributed by atoms with Crippen molar-refractivity contribution in [3.8, 4) is 0 Å². The molecule has 3 rings (SSSR count). The van der Waals surface area contributed by atoms with Crippen molar-refractivity contribution in [1.82, 2.24) is 4.98 Å². The van der Waals surface area contributed by atoms with E-state index in [2.05, 4.69) is 42.2 Å². The van der Waals surface area contributed by atoms with Gasteiger partial charge in [0, 0.05) is 28.7 Å². The summed E-state index contributed by atoms with van der Waals surface area (Å²) in [5.74, 6) is 0. The first-order valence-corrected chi connectivity index (χ1v) is 6.15. The first-order chi connectivity index (χ1) is 8.75. The summed E-state index contributed by atoms with van der Waals surface area (Å²) in [6, 6.07) is 16.5. The van der Waals surface area contributed by atoms with Gasteiger partial charge in [-0.1, -0.05) is 36.4 Å². The summed E-state index contributed by atoms with van der Waals surface area (Å²) in [7, 11) is 0. The molecule has 0 unspecified atom stereocenters. The molecule has 3 N–H and O–H groups in total. The van der Waals surface area contributed by atoms with Gasteiger partial charge in [-0.25, -0.2) is 0 Å². The lowest BCUT2D eigenvalue weighted by molar-refractivity contribution is 1.15. The second-order valence-electron chi connectivity index (χ2n) is 4.65. The Morgan fingerprint density at radius 1 is 1.00 bits per heavy atom. The van der Waals surface area contributed by atoms with Crippen LogP contribution >= 0.6 is 0 Å². The zero-order valence-electron chi connectivity index (χ0n) is 10.4. The van der Waals surface area contributed by atoms with Crippen LogP contribution in [0.15, 0.2) is 48.5 Å². The number of aromatic nitrogens is 1. The van der Waals surface area contributed by atoms with Crippen LogP contribution in [0.3, 0.4) is 0 Å². The van der Waals surface area contributed by atoms with Crippen LogP contribution in [0.2, 0.25) is 0 Å². The van der Waals surface area contributed by atoms with Gasteiger partial charge in [-0.05, 0) is 30.2 Å². The first kappa shape index (κ1) is 10.9. The van der Waals surface area contributed by atoms with Crippen LogP contribution in [0.5, 0.6) is 0 Å². The van der Waals surface area contributed by atoms with Gasteiger partial charge in [0.25, 0.3) is 0 Å². The highest BCUT2D eigenvalue weighted by Crippen LogP contribution is 2.26. The number of benzene rings is 2. The molecule has 0 bridgehead atoms. The fourth-order valence-corrected chi connectivity index (χ4v) is 2.45. The predicted octanol–water partition coefficient (Wildman–Crippen LogP) is 3.65. The van der Waals surface area contributed by atoms with Crippen molar-refractivity contribution in [3.63, 3.8) is 0 Å². The Morgan fingerprint density at radius 3 is 2.56 bits per heavy atom. The van der Waals surface area contributed by atoms with E-state index in [-0.39, 0.29) is 0 Å². The van der Waals surface area contributed by atoms with E-state index in [4.69, 9.17) is 5.73 Å². The molecule has 0 aliphatic heterocycles. The van der Waals surface area contributed by atoms with Crippen LogP contribution in [0.25, 0.3) is 10.9 Å². The molecule has 0 amide bonds. The smallest absolute Gasteiger partial charge is 0.0458 e. The number of aryl methyl sites for hydroxylation is 1.